The van der Waals surface area contributed by atoms with Gasteiger partial charge >= 0.3 is 0 Å². The zero-order valence-corrected chi connectivity index (χ0v) is 18.2. The van der Waals surface area contributed by atoms with Gasteiger partial charge in [0.25, 0.3) is 5.91 Å². The maximum atomic E-state index is 12.9. The van der Waals surface area contributed by atoms with Gasteiger partial charge in [-0.15, -0.1) is 0 Å². The molecule has 0 aliphatic heterocycles. The number of nitrogens with zero attached hydrogens (tertiary/aromatic N) is 1. The molecule has 0 radical (unpaired) electrons. The molecule has 0 saturated heterocycles. The number of carbonyl (C=O) groups is 1. The first-order valence-corrected chi connectivity index (χ1v) is 10.4. The molecule has 3 aromatic rings. The molecule has 3 rings (SSSR count). The minimum atomic E-state index is -0.290. The van der Waals surface area contributed by atoms with Crippen molar-refractivity contribution in [2.45, 2.75) is 20.8 Å². The first-order valence-electron chi connectivity index (χ1n) is 9.95. The van der Waals surface area contributed by atoms with Crippen molar-refractivity contribution in [2.24, 2.45) is 5.92 Å². The fourth-order valence-electron chi connectivity index (χ4n) is 2.90. The van der Waals surface area contributed by atoms with E-state index in [4.69, 9.17) is 21.9 Å². The number of para-hydroxylation sites is 1. The van der Waals surface area contributed by atoms with E-state index in [1.54, 1.807) is 6.07 Å². The number of hydrazine groups is 1. The maximum absolute atomic E-state index is 12.9. The lowest BCUT2D eigenvalue weighted by molar-refractivity contribution is 0.0945. The number of hydrogen-bond acceptors (Lipinski definition) is 4. The monoisotopic (exact) mass is 422 g/mol. The normalized spacial score (nSPS) is 10.7. The molecule has 3 N–H and O–H groups in total. The number of nitrogens with one attached hydrogen (secondary N) is 3. The number of rotatable bonds is 6. The molecule has 1 amide bonds. The van der Waals surface area contributed by atoms with E-state index in [1.165, 1.54) is 0 Å². The van der Waals surface area contributed by atoms with Gasteiger partial charge in [-0.2, -0.15) is 0 Å². The molecule has 0 bridgehead atoms. The molecule has 0 aliphatic rings. The largest absolute Gasteiger partial charge is 0.493 e. The van der Waals surface area contributed by atoms with Crippen molar-refractivity contribution in [3.05, 3.63) is 60.2 Å². The average Bonchev–Trinajstić information content (AvgIpc) is 2.75. The molecule has 0 spiro atoms. The van der Waals surface area contributed by atoms with Crippen LogP contribution in [0.3, 0.4) is 0 Å². The highest BCUT2D eigenvalue weighted by Crippen LogP contribution is 2.27. The number of aromatic nitrogens is 1. The van der Waals surface area contributed by atoms with Crippen LogP contribution >= 0.6 is 12.2 Å². The second-order valence-corrected chi connectivity index (χ2v) is 7.65. The van der Waals surface area contributed by atoms with Crippen LogP contribution in [-0.4, -0.2) is 29.2 Å². The fourth-order valence-corrected chi connectivity index (χ4v) is 3.10. The molecule has 6 nitrogen and oxygen atoms in total. The minimum Gasteiger partial charge on any atom is -0.493 e. The molecule has 30 heavy (non-hydrogen) atoms. The number of amides is 1. The Morgan fingerprint density at radius 1 is 1.10 bits per heavy atom. The topological polar surface area (TPSA) is 75.3 Å². The minimum absolute atomic E-state index is 0.290. The molecule has 7 heteroatoms. The lowest BCUT2D eigenvalue weighted by Gasteiger charge is -2.13. The SMILES string of the molecule is CCNC(=S)NNC(=O)c1cc(-c2cccc(OCC(C)C)c2)nc2ccccc12. The second kappa shape index (κ2) is 10.0. The number of fused-ring (bicyclic) bond motifs is 1. The number of benzene rings is 2. The summed E-state index contributed by atoms with van der Waals surface area (Å²) in [6, 6.07) is 17.1. The van der Waals surface area contributed by atoms with Crippen molar-refractivity contribution in [3.8, 4) is 17.0 Å². The molecular formula is C23H26N4O2S. The highest BCUT2D eigenvalue weighted by atomic mass is 32.1. The van der Waals surface area contributed by atoms with E-state index in [-0.39, 0.29) is 5.91 Å². The van der Waals surface area contributed by atoms with Gasteiger partial charge in [0.05, 0.1) is 23.4 Å². The van der Waals surface area contributed by atoms with Gasteiger partial charge in [0.1, 0.15) is 5.75 Å². The molecule has 0 aliphatic carbocycles. The van der Waals surface area contributed by atoms with E-state index in [0.29, 0.717) is 35.4 Å². The third-order valence-electron chi connectivity index (χ3n) is 4.30. The standard InChI is InChI=1S/C23H26N4O2S/c1-4-24-23(30)27-26-22(28)19-13-21(25-20-11-6-5-10-18(19)20)16-8-7-9-17(12-16)29-14-15(2)3/h5-13,15H,4,14H2,1-3H3,(H,26,28)(H2,24,27,30). The van der Waals surface area contributed by atoms with E-state index in [1.807, 2.05) is 55.5 Å². The van der Waals surface area contributed by atoms with Crippen LogP contribution in [0.1, 0.15) is 31.1 Å². The number of pyridine rings is 1. The summed E-state index contributed by atoms with van der Waals surface area (Å²) in [6.07, 6.45) is 0. The summed E-state index contributed by atoms with van der Waals surface area (Å²) in [5, 5.41) is 4.06. The van der Waals surface area contributed by atoms with Crippen LogP contribution in [0, 0.1) is 5.92 Å². The van der Waals surface area contributed by atoms with Crippen molar-refractivity contribution >= 4 is 34.1 Å². The Hall–Kier alpha value is -3.19. The van der Waals surface area contributed by atoms with Gasteiger partial charge in [-0.05, 0) is 49.3 Å². The van der Waals surface area contributed by atoms with E-state index in [9.17, 15) is 4.79 Å². The molecule has 1 heterocycles. The summed E-state index contributed by atoms with van der Waals surface area (Å²) < 4.78 is 5.84. The Balaban J connectivity index is 1.94. The first kappa shape index (κ1) is 21.5. The summed E-state index contributed by atoms with van der Waals surface area (Å²) in [7, 11) is 0. The molecular weight excluding hydrogens is 396 g/mol. The van der Waals surface area contributed by atoms with Crippen molar-refractivity contribution < 1.29 is 9.53 Å². The number of hydrogen-bond donors (Lipinski definition) is 3. The van der Waals surface area contributed by atoms with E-state index in [0.717, 1.165) is 22.2 Å². The lowest BCUT2D eigenvalue weighted by atomic mass is 10.0. The van der Waals surface area contributed by atoms with E-state index >= 15 is 0 Å². The van der Waals surface area contributed by atoms with Gasteiger partial charge in [0, 0.05) is 17.5 Å². The van der Waals surface area contributed by atoms with Crippen LogP contribution in [0.2, 0.25) is 0 Å². The summed E-state index contributed by atoms with van der Waals surface area (Å²) in [4.78, 5) is 17.6. The highest BCUT2D eigenvalue weighted by Gasteiger charge is 2.14. The van der Waals surface area contributed by atoms with Crippen molar-refractivity contribution in [1.29, 1.82) is 0 Å². The zero-order valence-electron chi connectivity index (χ0n) is 17.4. The second-order valence-electron chi connectivity index (χ2n) is 7.24. The summed E-state index contributed by atoms with van der Waals surface area (Å²) >= 11 is 5.11. The van der Waals surface area contributed by atoms with Gasteiger partial charge in [-0.25, -0.2) is 4.98 Å². The Labute approximate surface area is 182 Å². The van der Waals surface area contributed by atoms with E-state index in [2.05, 4.69) is 30.0 Å². The maximum Gasteiger partial charge on any atom is 0.270 e. The van der Waals surface area contributed by atoms with Crippen LogP contribution in [0.25, 0.3) is 22.2 Å². The third kappa shape index (κ3) is 5.45. The van der Waals surface area contributed by atoms with Gasteiger partial charge in [0.15, 0.2) is 5.11 Å². The smallest absolute Gasteiger partial charge is 0.270 e. The van der Waals surface area contributed by atoms with Crippen molar-refractivity contribution in [2.75, 3.05) is 13.2 Å². The van der Waals surface area contributed by atoms with Crippen molar-refractivity contribution in [1.82, 2.24) is 21.2 Å². The van der Waals surface area contributed by atoms with Crippen LogP contribution in [0.4, 0.5) is 0 Å². The molecule has 0 saturated carbocycles. The van der Waals surface area contributed by atoms with Gasteiger partial charge < -0.3 is 10.1 Å². The molecule has 2 aromatic carbocycles. The number of ether oxygens (including phenoxy) is 1. The third-order valence-corrected chi connectivity index (χ3v) is 4.55. The molecule has 0 fully saturated rings. The zero-order chi connectivity index (χ0) is 21.5. The van der Waals surface area contributed by atoms with Gasteiger partial charge in [0.2, 0.25) is 0 Å². The van der Waals surface area contributed by atoms with Crippen LogP contribution in [-0.2, 0) is 0 Å². The lowest BCUT2D eigenvalue weighted by Crippen LogP contribution is -2.46. The summed E-state index contributed by atoms with van der Waals surface area (Å²) in [5.41, 5.74) is 8.20. The predicted octanol–water partition coefficient (Wildman–Crippen LogP) is 4.07. The van der Waals surface area contributed by atoms with Crippen LogP contribution in [0.5, 0.6) is 5.75 Å². The Morgan fingerprint density at radius 2 is 1.90 bits per heavy atom. The Morgan fingerprint density at radius 3 is 2.67 bits per heavy atom. The molecule has 156 valence electrons. The first-order chi connectivity index (χ1) is 14.5. The van der Waals surface area contributed by atoms with Crippen molar-refractivity contribution in [3.63, 3.8) is 0 Å². The average molecular weight is 423 g/mol. The quantitative estimate of drug-likeness (QED) is 0.411. The van der Waals surface area contributed by atoms with Gasteiger partial charge in [-0.3, -0.25) is 15.6 Å². The summed E-state index contributed by atoms with van der Waals surface area (Å²) in [5.74, 6) is 0.922. The van der Waals surface area contributed by atoms with E-state index < -0.39 is 0 Å². The molecule has 0 unspecified atom stereocenters. The predicted molar refractivity (Wildman–Crippen MR) is 124 cm³/mol. The highest BCUT2D eigenvalue weighted by molar-refractivity contribution is 7.80. The number of carbonyl (C=O) groups excluding carboxylic acids is 1. The fraction of sp³-hybridized carbons (Fsp3) is 0.261. The van der Waals surface area contributed by atoms with Crippen LogP contribution < -0.4 is 20.9 Å². The number of thiocarbonyl (C=S) groups is 1. The van der Waals surface area contributed by atoms with Crippen LogP contribution in [0.15, 0.2) is 54.6 Å². The molecule has 0 atom stereocenters. The van der Waals surface area contributed by atoms with Gasteiger partial charge in [-0.1, -0.05) is 44.2 Å². The summed E-state index contributed by atoms with van der Waals surface area (Å²) in [6.45, 7) is 7.45. The Kier molecular flexibility index (Phi) is 7.19. The Bertz CT molecular complexity index is 1050. The molecule has 1 aromatic heterocycles.